The zero-order valence-electron chi connectivity index (χ0n) is 10.0. The van der Waals surface area contributed by atoms with E-state index in [0.29, 0.717) is 0 Å². The molecule has 1 aromatic rings. The van der Waals surface area contributed by atoms with Crippen LogP contribution in [0, 0.1) is 11.8 Å². The van der Waals surface area contributed by atoms with E-state index < -0.39 is 0 Å². The first-order valence-electron chi connectivity index (χ1n) is 6.54. The fourth-order valence-electron chi connectivity index (χ4n) is 2.82. The van der Waals surface area contributed by atoms with E-state index in [9.17, 15) is 4.79 Å². The van der Waals surface area contributed by atoms with Crippen LogP contribution in [0.25, 0.3) is 0 Å². The molecule has 0 N–H and O–H groups in total. The number of likely N-dealkylation sites (tertiary alicyclic amines) is 1. The number of pyridine rings is 1. The van der Waals surface area contributed by atoms with E-state index in [2.05, 4.69) is 4.98 Å². The van der Waals surface area contributed by atoms with Gasteiger partial charge in [0.15, 0.2) is 0 Å². The van der Waals surface area contributed by atoms with Crippen molar-refractivity contribution in [2.75, 3.05) is 13.1 Å². The summed E-state index contributed by atoms with van der Waals surface area (Å²) in [6.07, 6.45) is 8.60. The van der Waals surface area contributed by atoms with Crippen molar-refractivity contribution in [3.8, 4) is 0 Å². The molecule has 0 unspecified atom stereocenters. The summed E-state index contributed by atoms with van der Waals surface area (Å²) in [5.41, 5.74) is 0.768. The Balaban J connectivity index is 1.60. The summed E-state index contributed by atoms with van der Waals surface area (Å²) in [5.74, 6) is 2.03. The van der Waals surface area contributed by atoms with E-state index in [1.807, 2.05) is 4.90 Å². The zero-order valence-corrected chi connectivity index (χ0v) is 10.0. The van der Waals surface area contributed by atoms with E-state index in [4.69, 9.17) is 0 Å². The molecule has 3 rings (SSSR count). The van der Waals surface area contributed by atoms with Gasteiger partial charge in [0.05, 0.1) is 0 Å². The Bertz CT molecular complexity index is 392. The van der Waals surface area contributed by atoms with Crippen LogP contribution in [-0.2, 0) is 0 Å². The Morgan fingerprint density at radius 1 is 1.06 bits per heavy atom. The third-order valence-corrected chi connectivity index (χ3v) is 4.04. The molecule has 1 aromatic heterocycles. The summed E-state index contributed by atoms with van der Waals surface area (Å²) in [5, 5.41) is 0. The first-order valence-corrected chi connectivity index (χ1v) is 6.54. The van der Waals surface area contributed by atoms with Crippen molar-refractivity contribution in [3.05, 3.63) is 30.1 Å². The lowest BCUT2D eigenvalue weighted by Gasteiger charge is -2.32. The van der Waals surface area contributed by atoms with Crippen molar-refractivity contribution in [3.63, 3.8) is 0 Å². The number of carbonyl (C=O) groups is 1. The van der Waals surface area contributed by atoms with E-state index in [0.717, 1.165) is 30.5 Å². The van der Waals surface area contributed by atoms with Crippen LogP contribution in [0.1, 0.15) is 36.0 Å². The van der Waals surface area contributed by atoms with Gasteiger partial charge in [0, 0.05) is 31.0 Å². The van der Waals surface area contributed by atoms with Gasteiger partial charge in [-0.1, -0.05) is 0 Å². The SMILES string of the molecule is O=C(c1ccncc1)N1CCC(C2CC2)CC1. The highest BCUT2D eigenvalue weighted by Crippen LogP contribution is 2.41. The van der Waals surface area contributed by atoms with Crippen LogP contribution in [0.5, 0.6) is 0 Å². The maximum atomic E-state index is 12.2. The fourth-order valence-corrected chi connectivity index (χ4v) is 2.82. The van der Waals surface area contributed by atoms with Crippen LogP contribution in [-0.4, -0.2) is 28.9 Å². The average molecular weight is 230 g/mol. The van der Waals surface area contributed by atoms with Crippen LogP contribution in [0.3, 0.4) is 0 Å². The standard InChI is InChI=1S/C14H18N2O/c17-14(13-3-7-15-8-4-13)16-9-5-12(6-10-16)11-1-2-11/h3-4,7-8,11-12H,1-2,5-6,9-10H2. The number of nitrogens with zero attached hydrogens (tertiary/aromatic N) is 2. The predicted molar refractivity (Wildman–Crippen MR) is 65.6 cm³/mol. The van der Waals surface area contributed by atoms with Gasteiger partial charge in [-0.25, -0.2) is 0 Å². The quantitative estimate of drug-likeness (QED) is 0.781. The minimum absolute atomic E-state index is 0.168. The topological polar surface area (TPSA) is 33.2 Å². The highest BCUT2D eigenvalue weighted by atomic mass is 16.2. The lowest BCUT2D eigenvalue weighted by Crippen LogP contribution is -2.38. The number of amides is 1. The molecule has 1 saturated heterocycles. The van der Waals surface area contributed by atoms with Gasteiger partial charge in [0.2, 0.25) is 0 Å². The second-order valence-corrected chi connectivity index (χ2v) is 5.20. The Kier molecular flexibility index (Phi) is 2.83. The van der Waals surface area contributed by atoms with Gasteiger partial charge in [-0.15, -0.1) is 0 Å². The molecule has 17 heavy (non-hydrogen) atoms. The van der Waals surface area contributed by atoms with Crippen LogP contribution in [0.2, 0.25) is 0 Å². The van der Waals surface area contributed by atoms with Gasteiger partial charge in [-0.05, 0) is 49.7 Å². The van der Waals surface area contributed by atoms with Crippen molar-refractivity contribution >= 4 is 5.91 Å². The Morgan fingerprint density at radius 3 is 2.24 bits per heavy atom. The summed E-state index contributed by atoms with van der Waals surface area (Å²) < 4.78 is 0. The van der Waals surface area contributed by atoms with Crippen LogP contribution >= 0.6 is 0 Å². The summed E-state index contributed by atoms with van der Waals surface area (Å²) in [6, 6.07) is 3.60. The van der Waals surface area contributed by atoms with Crippen molar-refractivity contribution in [2.45, 2.75) is 25.7 Å². The minimum atomic E-state index is 0.168. The molecular weight excluding hydrogens is 212 g/mol. The molecule has 1 saturated carbocycles. The molecule has 2 aliphatic rings. The molecule has 0 atom stereocenters. The zero-order chi connectivity index (χ0) is 11.7. The molecule has 1 amide bonds. The van der Waals surface area contributed by atoms with Gasteiger partial charge in [0.1, 0.15) is 0 Å². The molecule has 0 aromatic carbocycles. The molecule has 2 heterocycles. The number of hydrogen-bond acceptors (Lipinski definition) is 2. The monoisotopic (exact) mass is 230 g/mol. The maximum Gasteiger partial charge on any atom is 0.253 e. The molecule has 0 bridgehead atoms. The minimum Gasteiger partial charge on any atom is -0.339 e. The highest BCUT2D eigenvalue weighted by Gasteiger charge is 2.34. The Hall–Kier alpha value is -1.38. The number of rotatable bonds is 2. The van der Waals surface area contributed by atoms with Gasteiger partial charge in [-0.3, -0.25) is 9.78 Å². The van der Waals surface area contributed by atoms with E-state index in [-0.39, 0.29) is 5.91 Å². The van der Waals surface area contributed by atoms with Crippen LogP contribution in [0.4, 0.5) is 0 Å². The smallest absolute Gasteiger partial charge is 0.253 e. The first kappa shape index (κ1) is 10.8. The van der Waals surface area contributed by atoms with Gasteiger partial charge < -0.3 is 4.90 Å². The van der Waals surface area contributed by atoms with E-state index in [1.165, 1.54) is 25.7 Å². The van der Waals surface area contributed by atoms with Gasteiger partial charge >= 0.3 is 0 Å². The van der Waals surface area contributed by atoms with Crippen molar-refractivity contribution in [2.24, 2.45) is 11.8 Å². The van der Waals surface area contributed by atoms with Crippen molar-refractivity contribution < 1.29 is 4.79 Å². The second-order valence-electron chi connectivity index (χ2n) is 5.20. The van der Waals surface area contributed by atoms with E-state index in [1.54, 1.807) is 24.5 Å². The number of carbonyl (C=O) groups excluding carboxylic acids is 1. The summed E-state index contributed by atoms with van der Waals surface area (Å²) in [4.78, 5) is 18.1. The third kappa shape index (κ3) is 2.33. The highest BCUT2D eigenvalue weighted by molar-refractivity contribution is 5.94. The largest absolute Gasteiger partial charge is 0.339 e. The molecule has 3 nitrogen and oxygen atoms in total. The molecule has 1 aliphatic carbocycles. The van der Waals surface area contributed by atoms with Crippen LogP contribution < -0.4 is 0 Å². The van der Waals surface area contributed by atoms with E-state index >= 15 is 0 Å². The van der Waals surface area contributed by atoms with Crippen molar-refractivity contribution in [1.82, 2.24) is 9.88 Å². The molecule has 90 valence electrons. The Morgan fingerprint density at radius 2 is 1.65 bits per heavy atom. The lowest BCUT2D eigenvalue weighted by atomic mass is 9.92. The number of piperidine rings is 1. The van der Waals surface area contributed by atoms with Gasteiger partial charge in [0.25, 0.3) is 5.91 Å². The maximum absolute atomic E-state index is 12.2. The lowest BCUT2D eigenvalue weighted by molar-refractivity contribution is 0.0680. The number of aromatic nitrogens is 1. The van der Waals surface area contributed by atoms with Gasteiger partial charge in [-0.2, -0.15) is 0 Å². The average Bonchev–Trinajstić information content (AvgIpc) is 3.24. The van der Waals surface area contributed by atoms with Crippen LogP contribution in [0.15, 0.2) is 24.5 Å². The predicted octanol–water partition coefficient (Wildman–Crippen LogP) is 2.34. The normalized spacial score (nSPS) is 21.5. The summed E-state index contributed by atoms with van der Waals surface area (Å²) >= 11 is 0. The molecule has 1 aliphatic heterocycles. The molecule has 2 fully saturated rings. The molecule has 0 spiro atoms. The van der Waals surface area contributed by atoms with Crippen molar-refractivity contribution in [1.29, 1.82) is 0 Å². The second kappa shape index (κ2) is 4.47. The Labute approximate surface area is 102 Å². The molecule has 0 radical (unpaired) electrons. The molecular formula is C14H18N2O. The summed E-state index contributed by atoms with van der Waals surface area (Å²) in [6.45, 7) is 1.87. The fraction of sp³-hybridized carbons (Fsp3) is 0.571. The third-order valence-electron chi connectivity index (χ3n) is 4.04. The first-order chi connectivity index (χ1) is 8.34. The molecule has 3 heteroatoms. The number of hydrogen-bond donors (Lipinski definition) is 0. The summed E-state index contributed by atoms with van der Waals surface area (Å²) in [7, 11) is 0.